The number of carbonyl (C=O) groups excluding carboxylic acids is 1. The first-order chi connectivity index (χ1) is 10.8. The quantitative estimate of drug-likeness (QED) is 0.772. The van der Waals surface area contributed by atoms with Crippen molar-refractivity contribution in [2.75, 3.05) is 5.32 Å². The molecule has 1 saturated carbocycles. The number of anilines is 1. The van der Waals surface area contributed by atoms with Gasteiger partial charge in [0.05, 0.1) is 15.9 Å². The number of nitrogens with zero attached hydrogens (tertiary/aromatic N) is 2. The summed E-state index contributed by atoms with van der Waals surface area (Å²) in [5.41, 5.74) is 2.39. The number of benzene rings is 1. The van der Waals surface area contributed by atoms with Crippen molar-refractivity contribution in [1.82, 2.24) is 15.2 Å². The van der Waals surface area contributed by atoms with E-state index in [0.717, 1.165) is 46.6 Å². The summed E-state index contributed by atoms with van der Waals surface area (Å²) in [5, 5.41) is 10.9. The Morgan fingerprint density at radius 3 is 2.91 bits per heavy atom. The van der Waals surface area contributed by atoms with E-state index in [1.54, 1.807) is 17.5 Å². The molecule has 22 heavy (non-hydrogen) atoms. The summed E-state index contributed by atoms with van der Waals surface area (Å²) >= 11 is 1.58. The third-order valence-electron chi connectivity index (χ3n) is 4.12. The zero-order valence-electron chi connectivity index (χ0n) is 12.0. The highest BCUT2D eigenvalue weighted by atomic mass is 32.1. The number of fused-ring (bicyclic) bond motifs is 1. The van der Waals surface area contributed by atoms with Crippen LogP contribution in [0.25, 0.3) is 20.9 Å². The number of para-hydroxylation sites is 1. The van der Waals surface area contributed by atoms with E-state index in [1.165, 1.54) is 0 Å². The second-order valence-corrected chi connectivity index (χ2v) is 6.64. The van der Waals surface area contributed by atoms with Gasteiger partial charge in [-0.25, -0.2) is 4.98 Å². The molecule has 2 aromatic heterocycles. The van der Waals surface area contributed by atoms with Crippen molar-refractivity contribution in [3.8, 4) is 10.7 Å². The summed E-state index contributed by atoms with van der Waals surface area (Å²) in [4.78, 5) is 16.9. The van der Waals surface area contributed by atoms with E-state index in [1.807, 2.05) is 24.3 Å². The molecule has 3 aromatic rings. The molecule has 0 aliphatic heterocycles. The fourth-order valence-electron chi connectivity index (χ4n) is 2.94. The van der Waals surface area contributed by atoms with E-state index in [-0.39, 0.29) is 11.8 Å². The van der Waals surface area contributed by atoms with Gasteiger partial charge in [-0.1, -0.05) is 25.0 Å². The van der Waals surface area contributed by atoms with Gasteiger partial charge in [0.25, 0.3) is 0 Å². The molecule has 5 nitrogen and oxygen atoms in total. The van der Waals surface area contributed by atoms with Crippen LogP contribution in [0.1, 0.15) is 25.7 Å². The van der Waals surface area contributed by atoms with Gasteiger partial charge in [-0.15, -0.1) is 11.3 Å². The minimum atomic E-state index is 0.0984. The second-order valence-electron chi connectivity index (χ2n) is 5.60. The minimum Gasteiger partial charge on any atom is -0.323 e. The number of hydrogen-bond acceptors (Lipinski definition) is 4. The molecule has 0 spiro atoms. The van der Waals surface area contributed by atoms with Crippen molar-refractivity contribution in [2.24, 2.45) is 5.92 Å². The van der Waals surface area contributed by atoms with E-state index in [0.29, 0.717) is 5.69 Å². The number of aromatic nitrogens is 3. The number of carbonyl (C=O) groups is 1. The molecule has 1 fully saturated rings. The zero-order valence-corrected chi connectivity index (χ0v) is 12.8. The van der Waals surface area contributed by atoms with Gasteiger partial charge in [0, 0.05) is 12.1 Å². The Morgan fingerprint density at radius 1 is 1.27 bits per heavy atom. The van der Waals surface area contributed by atoms with Crippen LogP contribution in [0.15, 0.2) is 30.5 Å². The third kappa shape index (κ3) is 2.39. The van der Waals surface area contributed by atoms with Crippen molar-refractivity contribution in [3.63, 3.8) is 0 Å². The fourth-order valence-corrected chi connectivity index (χ4v) is 3.91. The zero-order chi connectivity index (χ0) is 14.9. The predicted octanol–water partition coefficient (Wildman–Crippen LogP) is 3.82. The first-order valence-electron chi connectivity index (χ1n) is 7.52. The van der Waals surface area contributed by atoms with Crippen molar-refractivity contribution in [1.29, 1.82) is 0 Å². The summed E-state index contributed by atoms with van der Waals surface area (Å²) in [5.74, 6) is 0.236. The van der Waals surface area contributed by atoms with Gasteiger partial charge in [0.1, 0.15) is 10.7 Å². The molecule has 6 heteroatoms. The van der Waals surface area contributed by atoms with Crippen molar-refractivity contribution in [3.05, 3.63) is 30.5 Å². The normalized spacial score (nSPS) is 15.5. The Balaban J connectivity index is 1.63. The highest BCUT2D eigenvalue weighted by Gasteiger charge is 2.24. The highest BCUT2D eigenvalue weighted by molar-refractivity contribution is 7.21. The second kappa shape index (κ2) is 5.53. The Bertz CT molecular complexity index is 783. The molecule has 1 aliphatic carbocycles. The molecule has 0 atom stereocenters. The van der Waals surface area contributed by atoms with Gasteiger partial charge in [-0.05, 0) is 25.0 Å². The average molecular weight is 312 g/mol. The van der Waals surface area contributed by atoms with Gasteiger partial charge in [0.2, 0.25) is 5.91 Å². The number of aromatic amines is 1. The van der Waals surface area contributed by atoms with Gasteiger partial charge in [0.15, 0.2) is 0 Å². The largest absolute Gasteiger partial charge is 0.323 e. The van der Waals surface area contributed by atoms with E-state index >= 15 is 0 Å². The minimum absolute atomic E-state index is 0.0984. The fraction of sp³-hybridized carbons (Fsp3) is 0.312. The summed E-state index contributed by atoms with van der Waals surface area (Å²) in [6.07, 6.45) is 6.00. The smallest absolute Gasteiger partial charge is 0.227 e. The van der Waals surface area contributed by atoms with Crippen LogP contribution in [0, 0.1) is 5.92 Å². The molecular weight excluding hydrogens is 296 g/mol. The Kier molecular flexibility index (Phi) is 3.38. The number of nitrogens with one attached hydrogen (secondary N) is 2. The molecule has 4 rings (SSSR count). The topological polar surface area (TPSA) is 70.7 Å². The number of H-pyrrole nitrogens is 1. The monoisotopic (exact) mass is 312 g/mol. The molecule has 0 radical (unpaired) electrons. The standard InChI is InChI=1S/C16H16N4OS/c21-15(10-5-1-2-6-10)18-12-9-17-20-14(12)16-19-11-7-3-4-8-13(11)22-16/h3-4,7-10H,1-2,5-6H2,(H,17,20)(H,18,21). The van der Waals surface area contributed by atoms with Crippen LogP contribution in [0.2, 0.25) is 0 Å². The summed E-state index contributed by atoms with van der Waals surface area (Å²) in [6.45, 7) is 0. The van der Waals surface area contributed by atoms with Crippen LogP contribution >= 0.6 is 11.3 Å². The van der Waals surface area contributed by atoms with Crippen molar-refractivity contribution < 1.29 is 4.79 Å². The Morgan fingerprint density at radius 2 is 2.09 bits per heavy atom. The van der Waals surface area contributed by atoms with Crippen LogP contribution in [-0.2, 0) is 4.79 Å². The lowest BCUT2D eigenvalue weighted by Gasteiger charge is -2.09. The molecule has 0 bridgehead atoms. The maximum absolute atomic E-state index is 12.3. The molecule has 112 valence electrons. The van der Waals surface area contributed by atoms with Crippen LogP contribution in [-0.4, -0.2) is 21.1 Å². The Hall–Kier alpha value is -2.21. The Labute approximate surface area is 131 Å². The molecule has 0 unspecified atom stereocenters. The van der Waals surface area contributed by atoms with Crippen LogP contribution in [0.4, 0.5) is 5.69 Å². The number of thiazole rings is 1. The van der Waals surface area contributed by atoms with E-state index in [4.69, 9.17) is 0 Å². The number of rotatable bonds is 3. The lowest BCUT2D eigenvalue weighted by Crippen LogP contribution is -2.20. The van der Waals surface area contributed by atoms with Crippen molar-refractivity contribution >= 4 is 33.1 Å². The molecule has 2 N–H and O–H groups in total. The van der Waals surface area contributed by atoms with E-state index in [9.17, 15) is 4.79 Å². The lowest BCUT2D eigenvalue weighted by molar-refractivity contribution is -0.119. The summed E-state index contributed by atoms with van der Waals surface area (Å²) in [6, 6.07) is 8.00. The van der Waals surface area contributed by atoms with E-state index in [2.05, 4.69) is 20.5 Å². The van der Waals surface area contributed by atoms with Gasteiger partial charge in [-0.2, -0.15) is 5.10 Å². The number of hydrogen-bond donors (Lipinski definition) is 2. The van der Waals surface area contributed by atoms with Gasteiger partial charge in [-0.3, -0.25) is 9.89 Å². The molecule has 2 heterocycles. The van der Waals surface area contributed by atoms with Crippen LogP contribution in [0.5, 0.6) is 0 Å². The maximum atomic E-state index is 12.3. The summed E-state index contributed by atoms with van der Waals surface area (Å²) in [7, 11) is 0. The van der Waals surface area contributed by atoms with Gasteiger partial charge < -0.3 is 5.32 Å². The van der Waals surface area contributed by atoms with Crippen molar-refractivity contribution in [2.45, 2.75) is 25.7 Å². The molecule has 1 aliphatic rings. The average Bonchev–Trinajstić information content (AvgIpc) is 3.26. The van der Waals surface area contributed by atoms with Crippen LogP contribution in [0.3, 0.4) is 0 Å². The maximum Gasteiger partial charge on any atom is 0.227 e. The highest BCUT2D eigenvalue weighted by Crippen LogP contribution is 2.33. The lowest BCUT2D eigenvalue weighted by atomic mass is 10.1. The van der Waals surface area contributed by atoms with Gasteiger partial charge >= 0.3 is 0 Å². The molecule has 1 amide bonds. The first kappa shape index (κ1) is 13.5. The van der Waals surface area contributed by atoms with Crippen LogP contribution < -0.4 is 5.32 Å². The molecule has 1 aromatic carbocycles. The molecule has 0 saturated heterocycles. The molecular formula is C16H16N4OS. The first-order valence-corrected chi connectivity index (χ1v) is 8.33. The van der Waals surface area contributed by atoms with E-state index < -0.39 is 0 Å². The summed E-state index contributed by atoms with van der Waals surface area (Å²) < 4.78 is 1.12. The predicted molar refractivity (Wildman–Crippen MR) is 87.8 cm³/mol. The third-order valence-corrected chi connectivity index (χ3v) is 5.16. The number of amides is 1. The SMILES string of the molecule is O=C(Nc1c[nH]nc1-c1nc2ccccc2s1)C1CCCC1.